The van der Waals surface area contributed by atoms with Crippen LogP contribution in [0.5, 0.6) is 0 Å². The lowest BCUT2D eigenvalue weighted by Crippen LogP contribution is -2.46. The van der Waals surface area contributed by atoms with E-state index in [1.165, 1.54) is 0 Å². The van der Waals surface area contributed by atoms with E-state index in [9.17, 15) is 32.7 Å². The minimum Gasteiger partial charge on any atom is -0.481 e. The van der Waals surface area contributed by atoms with Gasteiger partial charge in [-0.3, -0.25) is 14.4 Å². The van der Waals surface area contributed by atoms with Crippen molar-refractivity contribution in [1.82, 2.24) is 10.6 Å². The van der Waals surface area contributed by atoms with Crippen LogP contribution >= 0.6 is 0 Å². The lowest BCUT2D eigenvalue weighted by atomic mass is 9.74. The van der Waals surface area contributed by atoms with Crippen LogP contribution in [-0.2, 0) is 15.8 Å². The predicted molar refractivity (Wildman–Crippen MR) is 89.9 cm³/mol. The number of carboxylic acid groups (broad SMARTS) is 1. The standard InChI is InChI=1S/C18H21F3N2O4/c19-18(20,21)13-6-4-12(5-7-13)15(25)22-10-14(24)23-11-17(16(26)27)8-2-1-3-9-17/h4-7H,1-3,8-11H2,(H,22,25)(H,23,24)(H,26,27). The second kappa shape index (κ2) is 8.41. The molecule has 1 aromatic rings. The number of benzene rings is 1. The first-order valence-corrected chi connectivity index (χ1v) is 8.60. The van der Waals surface area contributed by atoms with Gasteiger partial charge in [0.2, 0.25) is 5.91 Å². The highest BCUT2D eigenvalue weighted by molar-refractivity contribution is 5.96. The lowest BCUT2D eigenvalue weighted by Gasteiger charge is -2.33. The fourth-order valence-electron chi connectivity index (χ4n) is 3.10. The normalized spacial score (nSPS) is 16.4. The fourth-order valence-corrected chi connectivity index (χ4v) is 3.10. The summed E-state index contributed by atoms with van der Waals surface area (Å²) in [5.74, 6) is -2.19. The molecular weight excluding hydrogens is 365 g/mol. The van der Waals surface area contributed by atoms with Crippen molar-refractivity contribution >= 4 is 17.8 Å². The van der Waals surface area contributed by atoms with Crippen LogP contribution in [0.3, 0.4) is 0 Å². The number of nitrogens with one attached hydrogen (secondary N) is 2. The molecule has 1 aliphatic rings. The molecule has 1 fully saturated rings. The number of carbonyl (C=O) groups is 3. The van der Waals surface area contributed by atoms with Crippen molar-refractivity contribution in [2.24, 2.45) is 5.41 Å². The molecule has 1 aliphatic carbocycles. The smallest absolute Gasteiger partial charge is 0.416 e. The zero-order valence-corrected chi connectivity index (χ0v) is 14.6. The summed E-state index contributed by atoms with van der Waals surface area (Å²) in [6, 6.07) is 3.62. The van der Waals surface area contributed by atoms with Crippen LogP contribution in [0, 0.1) is 5.41 Å². The number of rotatable bonds is 6. The molecule has 27 heavy (non-hydrogen) atoms. The Bertz CT molecular complexity index is 696. The van der Waals surface area contributed by atoms with Gasteiger partial charge in [0, 0.05) is 12.1 Å². The quantitative estimate of drug-likeness (QED) is 0.700. The van der Waals surface area contributed by atoms with Crippen molar-refractivity contribution in [3.63, 3.8) is 0 Å². The summed E-state index contributed by atoms with van der Waals surface area (Å²) in [4.78, 5) is 35.4. The first-order valence-electron chi connectivity index (χ1n) is 8.60. The van der Waals surface area contributed by atoms with Crippen LogP contribution in [-0.4, -0.2) is 36.0 Å². The van der Waals surface area contributed by atoms with Crippen molar-refractivity contribution in [2.75, 3.05) is 13.1 Å². The van der Waals surface area contributed by atoms with E-state index < -0.39 is 41.5 Å². The topological polar surface area (TPSA) is 95.5 Å². The van der Waals surface area contributed by atoms with Crippen LogP contribution in [0.25, 0.3) is 0 Å². The number of halogens is 3. The molecule has 0 spiro atoms. The third kappa shape index (κ3) is 5.45. The predicted octanol–water partition coefficient (Wildman–Crippen LogP) is 2.59. The first kappa shape index (κ1) is 20.7. The van der Waals surface area contributed by atoms with Crippen LogP contribution in [0.2, 0.25) is 0 Å². The van der Waals surface area contributed by atoms with E-state index in [0.29, 0.717) is 12.8 Å². The summed E-state index contributed by atoms with van der Waals surface area (Å²) < 4.78 is 37.5. The Morgan fingerprint density at radius 1 is 1.00 bits per heavy atom. The van der Waals surface area contributed by atoms with Crippen LogP contribution in [0.1, 0.15) is 48.0 Å². The number of carboxylic acids is 1. The Morgan fingerprint density at radius 3 is 2.11 bits per heavy atom. The van der Waals surface area contributed by atoms with Gasteiger partial charge in [-0.1, -0.05) is 19.3 Å². The van der Waals surface area contributed by atoms with Gasteiger partial charge in [0.1, 0.15) is 0 Å². The van der Waals surface area contributed by atoms with Crippen LogP contribution in [0.4, 0.5) is 13.2 Å². The Balaban J connectivity index is 1.84. The molecule has 1 aromatic carbocycles. The summed E-state index contributed by atoms with van der Waals surface area (Å²) in [7, 11) is 0. The first-order chi connectivity index (χ1) is 12.6. The van der Waals surface area contributed by atoms with E-state index in [1.54, 1.807) is 0 Å². The average molecular weight is 386 g/mol. The molecule has 1 saturated carbocycles. The van der Waals surface area contributed by atoms with Crippen molar-refractivity contribution in [3.8, 4) is 0 Å². The van der Waals surface area contributed by atoms with Crippen molar-refractivity contribution in [1.29, 1.82) is 0 Å². The van der Waals surface area contributed by atoms with E-state index in [1.807, 2.05) is 0 Å². The van der Waals surface area contributed by atoms with Gasteiger partial charge in [0.25, 0.3) is 5.91 Å². The number of hydrogen-bond donors (Lipinski definition) is 3. The highest BCUT2D eigenvalue weighted by Crippen LogP contribution is 2.36. The highest BCUT2D eigenvalue weighted by Gasteiger charge is 2.39. The molecular formula is C18H21F3N2O4. The van der Waals surface area contributed by atoms with Crippen LogP contribution in [0.15, 0.2) is 24.3 Å². The van der Waals surface area contributed by atoms with Gasteiger partial charge < -0.3 is 15.7 Å². The maximum Gasteiger partial charge on any atom is 0.416 e. The van der Waals surface area contributed by atoms with E-state index >= 15 is 0 Å². The van der Waals surface area contributed by atoms with Gasteiger partial charge in [0.05, 0.1) is 17.5 Å². The minimum absolute atomic E-state index is 0.00918. The summed E-state index contributed by atoms with van der Waals surface area (Å²) in [6.45, 7) is -0.410. The highest BCUT2D eigenvalue weighted by atomic mass is 19.4. The molecule has 0 aliphatic heterocycles. The third-order valence-corrected chi connectivity index (χ3v) is 4.77. The Hall–Kier alpha value is -2.58. The SMILES string of the molecule is O=C(CNC(=O)c1ccc(C(F)(F)F)cc1)NCC1(C(=O)O)CCCCC1. The monoisotopic (exact) mass is 386 g/mol. The zero-order valence-electron chi connectivity index (χ0n) is 14.6. The Morgan fingerprint density at radius 2 is 1.59 bits per heavy atom. The average Bonchev–Trinajstić information content (AvgIpc) is 2.64. The molecule has 2 amide bonds. The zero-order chi connectivity index (χ0) is 20.1. The molecule has 3 N–H and O–H groups in total. The van der Waals surface area contributed by atoms with Gasteiger partial charge in [-0.25, -0.2) is 0 Å². The van der Waals surface area contributed by atoms with Gasteiger partial charge in [0.15, 0.2) is 0 Å². The van der Waals surface area contributed by atoms with Crippen LogP contribution < -0.4 is 10.6 Å². The molecule has 0 radical (unpaired) electrons. The number of alkyl halides is 3. The van der Waals surface area contributed by atoms with Gasteiger partial charge in [-0.15, -0.1) is 0 Å². The summed E-state index contributed by atoms with van der Waals surface area (Å²) in [5.41, 5.74) is -1.86. The van der Waals surface area contributed by atoms with Crippen molar-refractivity contribution in [3.05, 3.63) is 35.4 Å². The summed E-state index contributed by atoms with van der Waals surface area (Å²) >= 11 is 0. The Kier molecular flexibility index (Phi) is 6.45. The molecule has 0 unspecified atom stereocenters. The number of hydrogen-bond acceptors (Lipinski definition) is 3. The Labute approximate surface area is 154 Å². The molecule has 0 bridgehead atoms. The molecule has 2 rings (SSSR count). The van der Waals surface area contributed by atoms with E-state index in [-0.39, 0.29) is 12.1 Å². The number of aliphatic carboxylic acids is 1. The second-order valence-corrected chi connectivity index (χ2v) is 6.68. The third-order valence-electron chi connectivity index (χ3n) is 4.77. The lowest BCUT2D eigenvalue weighted by molar-refractivity contribution is -0.151. The molecule has 0 aromatic heterocycles. The molecule has 9 heteroatoms. The fraction of sp³-hybridized carbons (Fsp3) is 0.500. The maximum absolute atomic E-state index is 12.5. The van der Waals surface area contributed by atoms with Gasteiger partial charge >= 0.3 is 12.1 Å². The van der Waals surface area contributed by atoms with E-state index in [2.05, 4.69) is 10.6 Å². The van der Waals surface area contributed by atoms with E-state index in [4.69, 9.17) is 0 Å². The molecule has 0 atom stereocenters. The molecule has 6 nitrogen and oxygen atoms in total. The number of carbonyl (C=O) groups excluding carboxylic acids is 2. The summed E-state index contributed by atoms with van der Waals surface area (Å²) in [5, 5.41) is 14.3. The molecule has 0 saturated heterocycles. The molecule has 148 valence electrons. The minimum atomic E-state index is -4.49. The van der Waals surface area contributed by atoms with Crippen molar-refractivity contribution in [2.45, 2.75) is 38.3 Å². The number of amides is 2. The largest absolute Gasteiger partial charge is 0.481 e. The van der Waals surface area contributed by atoms with Crippen molar-refractivity contribution < 1.29 is 32.7 Å². The maximum atomic E-state index is 12.5. The summed E-state index contributed by atoms with van der Waals surface area (Å²) in [6.07, 6.45) is -0.985. The van der Waals surface area contributed by atoms with Gasteiger partial charge in [-0.05, 0) is 37.1 Å². The van der Waals surface area contributed by atoms with E-state index in [0.717, 1.165) is 43.5 Å². The molecule has 0 heterocycles. The van der Waals surface area contributed by atoms with Gasteiger partial charge in [-0.2, -0.15) is 13.2 Å². The second-order valence-electron chi connectivity index (χ2n) is 6.68.